The number of carbonyl (C=O) groups excluding carboxylic acids is 1. The SMILES string of the molecule is COC(=O)C(CON)c1ccc(OC)cc1. The van der Waals surface area contributed by atoms with Gasteiger partial charge in [0.15, 0.2) is 0 Å². The molecule has 0 aliphatic rings. The first-order chi connectivity index (χ1) is 7.72. The van der Waals surface area contributed by atoms with Crippen LogP contribution in [0.2, 0.25) is 0 Å². The van der Waals surface area contributed by atoms with Gasteiger partial charge >= 0.3 is 5.97 Å². The minimum Gasteiger partial charge on any atom is -0.497 e. The van der Waals surface area contributed by atoms with Crippen LogP contribution in [0.5, 0.6) is 5.75 Å². The molecule has 5 nitrogen and oxygen atoms in total. The summed E-state index contributed by atoms with van der Waals surface area (Å²) in [6.45, 7) is 0.0823. The Morgan fingerprint density at radius 1 is 1.31 bits per heavy atom. The minimum absolute atomic E-state index is 0.0823. The van der Waals surface area contributed by atoms with Crippen molar-refractivity contribution in [2.24, 2.45) is 5.90 Å². The van der Waals surface area contributed by atoms with Gasteiger partial charge < -0.3 is 14.3 Å². The monoisotopic (exact) mass is 225 g/mol. The molecule has 0 amide bonds. The first-order valence-corrected chi connectivity index (χ1v) is 4.76. The Morgan fingerprint density at radius 3 is 2.38 bits per heavy atom. The molecule has 0 spiro atoms. The largest absolute Gasteiger partial charge is 0.497 e. The molecule has 0 aromatic heterocycles. The maximum absolute atomic E-state index is 11.5. The third-order valence-electron chi connectivity index (χ3n) is 2.27. The van der Waals surface area contributed by atoms with Crippen LogP contribution in [0.3, 0.4) is 0 Å². The maximum atomic E-state index is 11.5. The summed E-state index contributed by atoms with van der Waals surface area (Å²) in [5.41, 5.74) is 0.776. The predicted octanol–water partition coefficient (Wildman–Crippen LogP) is 0.842. The molecule has 0 aliphatic heterocycles. The van der Waals surface area contributed by atoms with E-state index in [9.17, 15) is 4.79 Å². The second-order valence-electron chi connectivity index (χ2n) is 3.18. The van der Waals surface area contributed by atoms with Crippen LogP contribution in [-0.2, 0) is 14.4 Å². The molecular weight excluding hydrogens is 210 g/mol. The van der Waals surface area contributed by atoms with E-state index in [0.717, 1.165) is 11.3 Å². The van der Waals surface area contributed by atoms with Crippen molar-refractivity contribution in [3.05, 3.63) is 29.8 Å². The Hall–Kier alpha value is -1.59. The lowest BCUT2D eigenvalue weighted by Gasteiger charge is -2.13. The van der Waals surface area contributed by atoms with Crippen LogP contribution >= 0.6 is 0 Å². The normalized spacial score (nSPS) is 11.9. The molecule has 5 heteroatoms. The number of carbonyl (C=O) groups is 1. The molecule has 0 saturated heterocycles. The average Bonchev–Trinajstić information content (AvgIpc) is 2.35. The van der Waals surface area contributed by atoms with Crippen LogP contribution in [0.4, 0.5) is 0 Å². The van der Waals surface area contributed by atoms with Gasteiger partial charge in [-0.1, -0.05) is 12.1 Å². The van der Waals surface area contributed by atoms with E-state index in [0.29, 0.717) is 0 Å². The smallest absolute Gasteiger partial charge is 0.315 e. The Balaban J connectivity index is 2.87. The lowest BCUT2D eigenvalue weighted by atomic mass is 10.0. The molecule has 1 unspecified atom stereocenters. The van der Waals surface area contributed by atoms with Gasteiger partial charge in [0.05, 0.1) is 20.8 Å². The molecule has 0 radical (unpaired) electrons. The second-order valence-corrected chi connectivity index (χ2v) is 3.18. The van der Waals surface area contributed by atoms with Crippen LogP contribution < -0.4 is 10.6 Å². The zero-order valence-electron chi connectivity index (χ0n) is 9.30. The van der Waals surface area contributed by atoms with Crippen molar-refractivity contribution >= 4 is 5.97 Å². The summed E-state index contributed by atoms with van der Waals surface area (Å²) in [4.78, 5) is 16.0. The lowest BCUT2D eigenvalue weighted by molar-refractivity contribution is -0.144. The van der Waals surface area contributed by atoms with Crippen LogP contribution in [0.25, 0.3) is 0 Å². The van der Waals surface area contributed by atoms with E-state index >= 15 is 0 Å². The van der Waals surface area contributed by atoms with Gasteiger partial charge in [-0.05, 0) is 17.7 Å². The van der Waals surface area contributed by atoms with Gasteiger partial charge in [0.2, 0.25) is 0 Å². The summed E-state index contributed by atoms with van der Waals surface area (Å²) in [6, 6.07) is 7.09. The van der Waals surface area contributed by atoms with E-state index in [-0.39, 0.29) is 12.6 Å². The first kappa shape index (κ1) is 12.5. The fourth-order valence-electron chi connectivity index (χ4n) is 1.38. The molecular formula is C11H15NO4. The highest BCUT2D eigenvalue weighted by Gasteiger charge is 2.21. The molecule has 16 heavy (non-hydrogen) atoms. The number of benzene rings is 1. The average molecular weight is 225 g/mol. The molecule has 0 bridgehead atoms. The van der Waals surface area contributed by atoms with Gasteiger partial charge in [0, 0.05) is 0 Å². The number of hydrogen-bond donors (Lipinski definition) is 1. The minimum atomic E-state index is -0.513. The number of ether oxygens (including phenoxy) is 2. The van der Waals surface area contributed by atoms with Gasteiger partial charge in [-0.2, -0.15) is 0 Å². The highest BCUT2D eigenvalue weighted by molar-refractivity contribution is 5.78. The van der Waals surface area contributed by atoms with Gasteiger partial charge in [0.25, 0.3) is 0 Å². The van der Waals surface area contributed by atoms with E-state index in [1.165, 1.54) is 7.11 Å². The molecule has 0 heterocycles. The van der Waals surface area contributed by atoms with Crippen molar-refractivity contribution < 1.29 is 19.1 Å². The van der Waals surface area contributed by atoms with Crippen LogP contribution in [0.1, 0.15) is 11.5 Å². The fraction of sp³-hybridized carbons (Fsp3) is 0.364. The molecule has 1 aromatic rings. The van der Waals surface area contributed by atoms with Crippen molar-refractivity contribution in [2.75, 3.05) is 20.8 Å². The summed E-state index contributed by atoms with van der Waals surface area (Å²) in [6.07, 6.45) is 0. The lowest BCUT2D eigenvalue weighted by Crippen LogP contribution is -2.21. The van der Waals surface area contributed by atoms with Gasteiger partial charge in [0.1, 0.15) is 11.7 Å². The third-order valence-corrected chi connectivity index (χ3v) is 2.27. The van der Waals surface area contributed by atoms with Crippen LogP contribution in [-0.4, -0.2) is 26.8 Å². The summed E-state index contributed by atoms with van der Waals surface area (Å²) >= 11 is 0. The summed E-state index contributed by atoms with van der Waals surface area (Å²) < 4.78 is 9.69. The Bertz CT molecular complexity index is 336. The van der Waals surface area contributed by atoms with E-state index < -0.39 is 5.92 Å². The Kier molecular flexibility index (Phi) is 4.75. The van der Waals surface area contributed by atoms with Crippen molar-refractivity contribution in [1.82, 2.24) is 0 Å². The molecule has 0 aliphatic carbocycles. The van der Waals surface area contributed by atoms with Crippen LogP contribution in [0, 0.1) is 0 Å². The van der Waals surface area contributed by atoms with Crippen molar-refractivity contribution in [1.29, 1.82) is 0 Å². The Morgan fingerprint density at radius 2 is 1.94 bits per heavy atom. The molecule has 2 N–H and O–H groups in total. The number of rotatable bonds is 5. The first-order valence-electron chi connectivity index (χ1n) is 4.76. The van der Waals surface area contributed by atoms with E-state index in [4.69, 9.17) is 10.6 Å². The molecule has 1 aromatic carbocycles. The van der Waals surface area contributed by atoms with Crippen molar-refractivity contribution in [2.45, 2.75) is 5.92 Å². The second kappa shape index (κ2) is 6.09. The van der Waals surface area contributed by atoms with Crippen molar-refractivity contribution in [3.63, 3.8) is 0 Å². The Labute approximate surface area is 94.1 Å². The molecule has 0 fully saturated rings. The summed E-state index contributed by atoms with van der Waals surface area (Å²) in [5.74, 6) is 4.81. The molecule has 1 rings (SSSR count). The topological polar surface area (TPSA) is 70.8 Å². The fourth-order valence-corrected chi connectivity index (χ4v) is 1.38. The zero-order chi connectivity index (χ0) is 12.0. The van der Waals surface area contributed by atoms with Crippen molar-refractivity contribution in [3.8, 4) is 5.75 Å². The number of esters is 1. The quantitative estimate of drug-likeness (QED) is 0.594. The maximum Gasteiger partial charge on any atom is 0.315 e. The number of methoxy groups -OCH3 is 2. The highest BCUT2D eigenvalue weighted by atomic mass is 16.6. The van der Waals surface area contributed by atoms with Crippen LogP contribution in [0.15, 0.2) is 24.3 Å². The number of hydrogen-bond acceptors (Lipinski definition) is 5. The molecule has 88 valence electrons. The van der Waals surface area contributed by atoms with Gasteiger partial charge in [-0.25, -0.2) is 5.90 Å². The van der Waals surface area contributed by atoms with E-state index in [1.807, 2.05) is 0 Å². The molecule has 0 saturated carbocycles. The number of nitrogens with two attached hydrogens (primary N) is 1. The summed E-state index contributed by atoms with van der Waals surface area (Å²) in [5, 5.41) is 0. The van der Waals surface area contributed by atoms with E-state index in [1.54, 1.807) is 31.4 Å². The summed E-state index contributed by atoms with van der Waals surface area (Å²) in [7, 11) is 2.91. The molecule has 1 atom stereocenters. The standard InChI is InChI=1S/C11H15NO4/c1-14-9-5-3-8(4-6-9)10(7-16-12)11(13)15-2/h3-6,10H,7,12H2,1-2H3. The highest BCUT2D eigenvalue weighted by Crippen LogP contribution is 2.20. The van der Waals surface area contributed by atoms with E-state index in [2.05, 4.69) is 9.57 Å². The third kappa shape index (κ3) is 2.95. The predicted molar refractivity (Wildman–Crippen MR) is 57.9 cm³/mol. The zero-order valence-corrected chi connectivity index (χ0v) is 9.30. The van der Waals surface area contributed by atoms with Gasteiger partial charge in [-0.3, -0.25) is 4.79 Å². The van der Waals surface area contributed by atoms with Gasteiger partial charge in [-0.15, -0.1) is 0 Å².